The molecule has 0 aromatic heterocycles. The van der Waals surface area contributed by atoms with Crippen molar-refractivity contribution in [2.75, 3.05) is 0 Å². The summed E-state index contributed by atoms with van der Waals surface area (Å²) in [4.78, 5) is 0. The van der Waals surface area contributed by atoms with E-state index in [2.05, 4.69) is 55.5 Å². The Morgan fingerprint density at radius 1 is 1.20 bits per heavy atom. The first-order chi connectivity index (χ1) is 9.47. The van der Waals surface area contributed by atoms with Gasteiger partial charge in [-0.1, -0.05) is 49.3 Å². The molecule has 0 radical (unpaired) electrons. The maximum atomic E-state index is 9.38. The van der Waals surface area contributed by atoms with Gasteiger partial charge in [0, 0.05) is 6.54 Å². The predicted octanol–water partition coefficient (Wildman–Crippen LogP) is 3.43. The minimum absolute atomic E-state index is 0.181. The second-order valence-electron chi connectivity index (χ2n) is 7.16. The highest BCUT2D eigenvalue weighted by atomic mass is 16.4. The molecule has 2 aliphatic carbocycles. The van der Waals surface area contributed by atoms with E-state index in [-0.39, 0.29) is 5.54 Å². The van der Waals surface area contributed by atoms with Crippen LogP contribution in [0.3, 0.4) is 0 Å². The van der Waals surface area contributed by atoms with E-state index in [1.165, 1.54) is 5.56 Å². The Hall–Kier alpha value is -1.35. The lowest BCUT2D eigenvalue weighted by atomic mass is 9.81. The Kier molecular flexibility index (Phi) is 3.13. The maximum absolute atomic E-state index is 9.38. The number of hydrogen-bond donors (Lipinski definition) is 2. The standard InChI is InChI=1S/C17H24N2O/c1-16(2)13-9-15(19-20)17(3,10-14(13)16)18-11-12-7-5-4-6-8-12/h4-8,13-14,18,20H,9-11H2,1-3H3/b19-15+/t13-,14-,17+/m0/s1. The number of hydrogen-bond acceptors (Lipinski definition) is 3. The van der Waals surface area contributed by atoms with Crippen LogP contribution in [-0.4, -0.2) is 16.5 Å². The van der Waals surface area contributed by atoms with Crippen LogP contribution < -0.4 is 5.32 Å². The summed E-state index contributed by atoms with van der Waals surface area (Å²) in [5, 5.41) is 16.6. The van der Waals surface area contributed by atoms with Gasteiger partial charge < -0.3 is 10.5 Å². The van der Waals surface area contributed by atoms with E-state index in [1.54, 1.807) is 0 Å². The molecule has 2 fully saturated rings. The van der Waals surface area contributed by atoms with Crippen LogP contribution >= 0.6 is 0 Å². The average molecular weight is 272 g/mol. The van der Waals surface area contributed by atoms with Gasteiger partial charge >= 0.3 is 0 Å². The summed E-state index contributed by atoms with van der Waals surface area (Å²) in [7, 11) is 0. The number of nitrogens with one attached hydrogen (secondary N) is 1. The van der Waals surface area contributed by atoms with Crippen LogP contribution in [0.25, 0.3) is 0 Å². The zero-order chi connectivity index (χ0) is 14.4. The topological polar surface area (TPSA) is 44.6 Å². The second-order valence-corrected chi connectivity index (χ2v) is 7.16. The van der Waals surface area contributed by atoms with Crippen LogP contribution in [0.15, 0.2) is 35.5 Å². The van der Waals surface area contributed by atoms with E-state index >= 15 is 0 Å². The Morgan fingerprint density at radius 2 is 1.90 bits per heavy atom. The van der Waals surface area contributed by atoms with E-state index in [9.17, 15) is 5.21 Å². The third kappa shape index (κ3) is 2.14. The monoisotopic (exact) mass is 272 g/mol. The molecule has 3 nitrogen and oxygen atoms in total. The fraction of sp³-hybridized carbons (Fsp3) is 0.588. The fourth-order valence-electron chi connectivity index (χ4n) is 3.88. The summed E-state index contributed by atoms with van der Waals surface area (Å²) in [6, 6.07) is 10.4. The molecule has 2 saturated carbocycles. The lowest BCUT2D eigenvalue weighted by molar-refractivity contribution is 0.293. The molecule has 3 rings (SSSR count). The molecule has 0 heterocycles. The molecule has 0 amide bonds. The number of rotatable bonds is 3. The minimum atomic E-state index is -0.181. The second kappa shape index (κ2) is 4.59. The zero-order valence-corrected chi connectivity index (χ0v) is 12.6. The van der Waals surface area contributed by atoms with E-state index in [4.69, 9.17) is 0 Å². The minimum Gasteiger partial charge on any atom is -0.411 e. The first kappa shape index (κ1) is 13.6. The van der Waals surface area contributed by atoms with Gasteiger partial charge in [0.2, 0.25) is 0 Å². The molecule has 3 atom stereocenters. The molecule has 108 valence electrons. The molecule has 3 heteroatoms. The van der Waals surface area contributed by atoms with Crippen molar-refractivity contribution in [3.05, 3.63) is 35.9 Å². The molecule has 0 saturated heterocycles. The van der Waals surface area contributed by atoms with Crippen LogP contribution in [0.1, 0.15) is 39.2 Å². The zero-order valence-electron chi connectivity index (χ0n) is 12.6. The van der Waals surface area contributed by atoms with Crippen molar-refractivity contribution in [3.8, 4) is 0 Å². The van der Waals surface area contributed by atoms with Gasteiger partial charge in [-0.15, -0.1) is 0 Å². The molecule has 0 spiro atoms. The van der Waals surface area contributed by atoms with Crippen LogP contribution in [0, 0.1) is 17.3 Å². The number of oxime groups is 1. The van der Waals surface area contributed by atoms with Crippen molar-refractivity contribution in [2.45, 2.75) is 45.7 Å². The van der Waals surface area contributed by atoms with Gasteiger partial charge in [-0.05, 0) is 42.6 Å². The first-order valence-electron chi connectivity index (χ1n) is 7.48. The average Bonchev–Trinajstić information content (AvgIpc) is 2.97. The quantitative estimate of drug-likeness (QED) is 0.654. The third-order valence-electron chi connectivity index (χ3n) is 5.61. The van der Waals surface area contributed by atoms with E-state index in [1.807, 2.05) is 6.07 Å². The highest BCUT2D eigenvalue weighted by Crippen LogP contribution is 2.65. The van der Waals surface area contributed by atoms with Crippen molar-refractivity contribution >= 4 is 5.71 Å². The normalized spacial score (nSPS) is 36.6. The fourth-order valence-corrected chi connectivity index (χ4v) is 3.88. The molecule has 1 aromatic rings. The van der Waals surface area contributed by atoms with Crippen molar-refractivity contribution in [2.24, 2.45) is 22.4 Å². The lowest BCUT2D eigenvalue weighted by Gasteiger charge is -2.35. The highest BCUT2D eigenvalue weighted by molar-refractivity contribution is 5.94. The molecule has 1 aromatic carbocycles. The van der Waals surface area contributed by atoms with Gasteiger partial charge in [0.1, 0.15) is 0 Å². The smallest absolute Gasteiger partial charge is 0.0771 e. The third-order valence-corrected chi connectivity index (χ3v) is 5.61. The van der Waals surface area contributed by atoms with Gasteiger partial charge in [-0.2, -0.15) is 0 Å². The summed E-state index contributed by atoms with van der Waals surface area (Å²) >= 11 is 0. The Labute approximate surface area is 121 Å². The maximum Gasteiger partial charge on any atom is 0.0771 e. The van der Waals surface area contributed by atoms with Crippen LogP contribution in [0.5, 0.6) is 0 Å². The summed E-state index contributed by atoms with van der Waals surface area (Å²) in [6.45, 7) is 7.66. The molecular formula is C17H24N2O. The Morgan fingerprint density at radius 3 is 2.55 bits per heavy atom. The highest BCUT2D eigenvalue weighted by Gasteiger charge is 2.63. The SMILES string of the molecule is CC1(C)[C@H]2C/C(=N\O)[C@](C)(NCc3ccccc3)C[C@@H]21. The van der Waals surface area contributed by atoms with Crippen LogP contribution in [0.2, 0.25) is 0 Å². The van der Waals surface area contributed by atoms with Crippen LogP contribution in [-0.2, 0) is 6.54 Å². The van der Waals surface area contributed by atoms with E-state index in [0.29, 0.717) is 11.3 Å². The number of nitrogens with zero attached hydrogens (tertiary/aromatic N) is 1. The summed E-state index contributed by atoms with van der Waals surface area (Å²) in [5.74, 6) is 1.45. The largest absolute Gasteiger partial charge is 0.411 e. The molecule has 2 aliphatic rings. The first-order valence-corrected chi connectivity index (χ1v) is 7.48. The lowest BCUT2D eigenvalue weighted by Crippen LogP contribution is -2.51. The molecule has 2 N–H and O–H groups in total. The summed E-state index contributed by atoms with van der Waals surface area (Å²) in [5.41, 5.74) is 2.41. The van der Waals surface area contributed by atoms with Gasteiger partial charge in [0.05, 0.1) is 11.3 Å². The number of fused-ring (bicyclic) bond motifs is 1. The van der Waals surface area contributed by atoms with Gasteiger partial charge in [-0.3, -0.25) is 0 Å². The molecule has 0 bridgehead atoms. The van der Waals surface area contributed by atoms with Gasteiger partial charge in [0.25, 0.3) is 0 Å². The Bertz CT molecular complexity index is 523. The molecule has 0 aliphatic heterocycles. The van der Waals surface area contributed by atoms with Crippen molar-refractivity contribution in [1.29, 1.82) is 0 Å². The summed E-state index contributed by atoms with van der Waals surface area (Å²) < 4.78 is 0. The molecular weight excluding hydrogens is 248 g/mol. The summed E-state index contributed by atoms with van der Waals surface area (Å²) in [6.07, 6.45) is 1.99. The van der Waals surface area contributed by atoms with Gasteiger partial charge in [0.15, 0.2) is 0 Å². The Balaban J connectivity index is 1.73. The number of benzene rings is 1. The van der Waals surface area contributed by atoms with E-state index in [0.717, 1.165) is 31.0 Å². The van der Waals surface area contributed by atoms with Gasteiger partial charge in [-0.25, -0.2) is 0 Å². The van der Waals surface area contributed by atoms with Crippen molar-refractivity contribution in [1.82, 2.24) is 5.32 Å². The molecule has 20 heavy (non-hydrogen) atoms. The van der Waals surface area contributed by atoms with Crippen molar-refractivity contribution < 1.29 is 5.21 Å². The van der Waals surface area contributed by atoms with Crippen molar-refractivity contribution in [3.63, 3.8) is 0 Å². The molecule has 0 unspecified atom stereocenters. The van der Waals surface area contributed by atoms with Crippen LogP contribution in [0.4, 0.5) is 0 Å². The van der Waals surface area contributed by atoms with E-state index < -0.39 is 0 Å². The predicted molar refractivity (Wildman–Crippen MR) is 80.9 cm³/mol.